The Hall–Kier alpha value is -0.640. The highest BCUT2D eigenvalue weighted by atomic mass is 35.5. The first-order valence-corrected chi connectivity index (χ1v) is 6.09. The van der Waals surface area contributed by atoms with Crippen LogP contribution in [-0.2, 0) is 0 Å². The van der Waals surface area contributed by atoms with Crippen molar-refractivity contribution in [2.24, 2.45) is 11.1 Å². The van der Waals surface area contributed by atoms with Gasteiger partial charge in [-0.2, -0.15) is 0 Å². The molecule has 0 saturated heterocycles. The third-order valence-corrected chi connectivity index (χ3v) is 3.29. The van der Waals surface area contributed by atoms with E-state index in [1.54, 1.807) is 12.1 Å². The molecule has 0 fully saturated rings. The maximum atomic E-state index is 13.1. The molecule has 0 spiro atoms. The van der Waals surface area contributed by atoms with Gasteiger partial charge >= 0.3 is 0 Å². The van der Waals surface area contributed by atoms with Crippen LogP contribution < -0.4 is 11.1 Å². The molecule has 1 atom stereocenters. The molecule has 1 rings (SSSR count). The van der Waals surface area contributed by atoms with Crippen LogP contribution in [0.2, 0.25) is 5.02 Å². The molecule has 1 aromatic carbocycles. The third-order valence-electron chi connectivity index (χ3n) is 3.00. The first kappa shape index (κ1) is 14.4. The van der Waals surface area contributed by atoms with Crippen molar-refractivity contribution in [2.45, 2.75) is 26.3 Å². The molecular weight excluding hydrogens is 239 g/mol. The van der Waals surface area contributed by atoms with E-state index in [1.165, 1.54) is 6.07 Å². The van der Waals surface area contributed by atoms with E-state index in [1.807, 2.05) is 7.05 Å². The van der Waals surface area contributed by atoms with E-state index >= 15 is 0 Å². The Balaban J connectivity index is 2.90. The molecule has 0 aromatic heterocycles. The summed E-state index contributed by atoms with van der Waals surface area (Å²) >= 11 is 5.79. The molecule has 3 N–H and O–H groups in total. The molecule has 1 unspecified atom stereocenters. The fraction of sp³-hybridized carbons (Fsp3) is 0.538. The Bertz CT molecular complexity index is 380. The zero-order valence-electron chi connectivity index (χ0n) is 10.6. The maximum absolute atomic E-state index is 13.1. The summed E-state index contributed by atoms with van der Waals surface area (Å²) in [4.78, 5) is 0. The van der Waals surface area contributed by atoms with Gasteiger partial charge in [-0.05, 0) is 43.1 Å². The van der Waals surface area contributed by atoms with Gasteiger partial charge in [0.15, 0.2) is 0 Å². The Kier molecular flexibility index (Phi) is 4.92. The van der Waals surface area contributed by atoms with Crippen LogP contribution in [0, 0.1) is 11.2 Å². The monoisotopic (exact) mass is 258 g/mol. The van der Waals surface area contributed by atoms with Crippen LogP contribution in [0.5, 0.6) is 0 Å². The lowest BCUT2D eigenvalue weighted by Gasteiger charge is -2.28. The molecule has 0 aliphatic carbocycles. The van der Waals surface area contributed by atoms with Crippen LogP contribution in [0.1, 0.15) is 31.9 Å². The minimum absolute atomic E-state index is 0.0362. The highest BCUT2D eigenvalue weighted by Gasteiger charge is 2.22. The molecule has 0 radical (unpaired) electrons. The van der Waals surface area contributed by atoms with Crippen molar-refractivity contribution in [2.75, 3.05) is 13.6 Å². The molecule has 4 heteroatoms. The predicted octanol–water partition coefficient (Wildman–Crippen LogP) is 3.11. The van der Waals surface area contributed by atoms with Crippen molar-refractivity contribution in [3.05, 3.63) is 34.6 Å². The Morgan fingerprint density at radius 1 is 1.47 bits per heavy atom. The van der Waals surface area contributed by atoms with E-state index in [0.717, 1.165) is 12.0 Å². The minimum atomic E-state index is -0.386. The van der Waals surface area contributed by atoms with Crippen molar-refractivity contribution in [1.82, 2.24) is 5.32 Å². The van der Waals surface area contributed by atoms with Crippen LogP contribution in [0.25, 0.3) is 0 Å². The molecule has 0 heterocycles. The number of hydrogen-bond acceptors (Lipinski definition) is 2. The van der Waals surface area contributed by atoms with Crippen molar-refractivity contribution < 1.29 is 4.39 Å². The summed E-state index contributed by atoms with van der Waals surface area (Å²) in [6, 6.07) is 4.96. The average Bonchev–Trinajstić information content (AvgIpc) is 2.30. The second kappa shape index (κ2) is 5.80. The zero-order chi connectivity index (χ0) is 13.1. The quantitative estimate of drug-likeness (QED) is 0.852. The van der Waals surface area contributed by atoms with Gasteiger partial charge in [-0.3, -0.25) is 0 Å². The highest BCUT2D eigenvalue weighted by Crippen LogP contribution is 2.30. The van der Waals surface area contributed by atoms with Gasteiger partial charge in [-0.1, -0.05) is 31.5 Å². The lowest BCUT2D eigenvalue weighted by atomic mass is 9.83. The second-order valence-corrected chi connectivity index (χ2v) is 5.49. The largest absolute Gasteiger partial charge is 0.330 e. The van der Waals surface area contributed by atoms with Gasteiger partial charge in [-0.25, -0.2) is 4.39 Å². The molecule has 0 aliphatic heterocycles. The molecule has 2 nitrogen and oxygen atoms in total. The first-order chi connectivity index (χ1) is 7.89. The highest BCUT2D eigenvalue weighted by molar-refractivity contribution is 6.30. The Morgan fingerprint density at radius 3 is 2.59 bits per heavy atom. The number of rotatable bonds is 5. The molecule has 1 aromatic rings. The summed E-state index contributed by atoms with van der Waals surface area (Å²) in [6.07, 6.45) is 0.877. The normalized spacial score (nSPS) is 13.8. The minimum Gasteiger partial charge on any atom is -0.330 e. The zero-order valence-corrected chi connectivity index (χ0v) is 11.3. The predicted molar refractivity (Wildman–Crippen MR) is 70.7 cm³/mol. The van der Waals surface area contributed by atoms with Crippen molar-refractivity contribution in [1.29, 1.82) is 0 Å². The van der Waals surface area contributed by atoms with Crippen LogP contribution in [0.15, 0.2) is 18.2 Å². The number of hydrogen-bond donors (Lipinski definition) is 2. The molecule has 0 bridgehead atoms. The van der Waals surface area contributed by atoms with Gasteiger partial charge in [0.1, 0.15) is 5.82 Å². The average molecular weight is 259 g/mol. The molecule has 17 heavy (non-hydrogen) atoms. The van der Waals surface area contributed by atoms with Gasteiger partial charge in [0.05, 0.1) is 5.02 Å². The van der Waals surface area contributed by atoms with E-state index in [-0.39, 0.29) is 22.3 Å². The molecule has 0 aliphatic rings. The number of benzene rings is 1. The topological polar surface area (TPSA) is 38.0 Å². The van der Waals surface area contributed by atoms with Crippen molar-refractivity contribution in [3.8, 4) is 0 Å². The Morgan fingerprint density at radius 2 is 2.12 bits per heavy atom. The van der Waals surface area contributed by atoms with Crippen LogP contribution in [0.4, 0.5) is 4.39 Å². The smallest absolute Gasteiger partial charge is 0.141 e. The van der Waals surface area contributed by atoms with E-state index in [9.17, 15) is 4.39 Å². The van der Waals surface area contributed by atoms with E-state index in [0.29, 0.717) is 6.54 Å². The lowest BCUT2D eigenvalue weighted by molar-refractivity contribution is 0.299. The summed E-state index contributed by atoms with van der Waals surface area (Å²) in [7, 11) is 1.88. The van der Waals surface area contributed by atoms with E-state index < -0.39 is 0 Å². The maximum Gasteiger partial charge on any atom is 0.141 e. The molecule has 96 valence electrons. The van der Waals surface area contributed by atoms with Crippen molar-refractivity contribution in [3.63, 3.8) is 0 Å². The fourth-order valence-electron chi connectivity index (χ4n) is 1.75. The van der Waals surface area contributed by atoms with Gasteiger partial charge in [-0.15, -0.1) is 0 Å². The number of halogens is 2. The van der Waals surface area contributed by atoms with Gasteiger partial charge < -0.3 is 11.1 Å². The lowest BCUT2D eigenvalue weighted by Crippen LogP contribution is -2.30. The molecular formula is C13H20ClFN2. The fourth-order valence-corrected chi connectivity index (χ4v) is 1.94. The molecule has 0 amide bonds. The van der Waals surface area contributed by atoms with Crippen LogP contribution in [0.3, 0.4) is 0 Å². The number of nitrogens with two attached hydrogens (primary N) is 1. The van der Waals surface area contributed by atoms with E-state index in [4.69, 9.17) is 17.3 Å². The first-order valence-electron chi connectivity index (χ1n) is 5.72. The summed E-state index contributed by atoms with van der Waals surface area (Å²) in [5.41, 5.74) is 6.75. The summed E-state index contributed by atoms with van der Waals surface area (Å²) in [5.74, 6) is -0.386. The van der Waals surface area contributed by atoms with Gasteiger partial charge in [0.2, 0.25) is 0 Å². The Labute approximate surface area is 107 Å². The van der Waals surface area contributed by atoms with E-state index in [2.05, 4.69) is 19.2 Å². The van der Waals surface area contributed by atoms with Gasteiger partial charge in [0, 0.05) is 6.04 Å². The summed E-state index contributed by atoms with van der Waals surface area (Å²) < 4.78 is 13.1. The van der Waals surface area contributed by atoms with Gasteiger partial charge in [0.25, 0.3) is 0 Å². The summed E-state index contributed by atoms with van der Waals surface area (Å²) in [6.45, 7) is 4.84. The standard InChI is InChI=1S/C13H20ClFN2/c1-13(2,8-16)7-12(17-3)9-4-5-11(15)10(14)6-9/h4-6,12,17H,7-8,16H2,1-3H3. The summed E-state index contributed by atoms with van der Waals surface area (Å²) in [5, 5.41) is 3.38. The van der Waals surface area contributed by atoms with Crippen LogP contribution in [-0.4, -0.2) is 13.6 Å². The SMILES string of the molecule is CNC(CC(C)(C)CN)c1ccc(F)c(Cl)c1. The third kappa shape index (κ3) is 3.95. The second-order valence-electron chi connectivity index (χ2n) is 5.09. The number of nitrogens with one attached hydrogen (secondary N) is 1. The van der Waals surface area contributed by atoms with Crippen LogP contribution >= 0.6 is 11.6 Å². The molecule has 0 saturated carbocycles. The van der Waals surface area contributed by atoms with Crippen molar-refractivity contribution >= 4 is 11.6 Å².